The number of nitrogens with one attached hydrogen (secondary N) is 2. The zero-order valence-corrected chi connectivity index (χ0v) is 11.9. The lowest BCUT2D eigenvalue weighted by molar-refractivity contribution is 0.102. The fourth-order valence-corrected chi connectivity index (χ4v) is 2.58. The number of carbonyl (C=O) groups excluding carboxylic acids is 1. The number of hydrogen-bond donors (Lipinski definition) is 2. The van der Waals surface area contributed by atoms with Crippen molar-refractivity contribution in [2.75, 3.05) is 5.32 Å². The third-order valence-electron chi connectivity index (χ3n) is 3.41. The van der Waals surface area contributed by atoms with Crippen LogP contribution < -0.4 is 10.7 Å². The molecule has 1 amide bonds. The molecule has 7 heteroatoms. The molecule has 0 saturated heterocycles. The number of carbonyl (C=O) groups is 1. The number of anilines is 1. The molecule has 107 valence electrons. The van der Waals surface area contributed by atoms with E-state index in [1.165, 1.54) is 0 Å². The van der Waals surface area contributed by atoms with Crippen LogP contribution in [0.1, 0.15) is 16.1 Å². The fourth-order valence-electron chi connectivity index (χ4n) is 2.39. The van der Waals surface area contributed by atoms with Gasteiger partial charge in [0.25, 0.3) is 5.91 Å². The van der Waals surface area contributed by atoms with E-state index in [4.69, 9.17) is 11.6 Å². The standard InChI is InChI=1S/C15H9ClN5O/c16-8-2-1-3-9(6-8)18-15(22)14-10-4-5-12-11(7-17-19-12)13(10)20-21-14/h1-7H,(H,18,22)(H,20,21). The van der Waals surface area contributed by atoms with Gasteiger partial charge in [-0.05, 0) is 30.3 Å². The van der Waals surface area contributed by atoms with Gasteiger partial charge in [0.15, 0.2) is 5.69 Å². The largest absolute Gasteiger partial charge is 0.321 e. The van der Waals surface area contributed by atoms with Gasteiger partial charge in [0, 0.05) is 21.7 Å². The Morgan fingerprint density at radius 3 is 3.00 bits per heavy atom. The maximum absolute atomic E-state index is 12.4. The van der Waals surface area contributed by atoms with Gasteiger partial charge >= 0.3 is 0 Å². The van der Waals surface area contributed by atoms with Crippen molar-refractivity contribution in [2.45, 2.75) is 0 Å². The predicted molar refractivity (Wildman–Crippen MR) is 84.9 cm³/mol. The molecular weight excluding hydrogens is 302 g/mol. The van der Waals surface area contributed by atoms with E-state index < -0.39 is 0 Å². The Bertz CT molecular complexity index is 931. The molecule has 0 saturated carbocycles. The minimum Gasteiger partial charge on any atom is -0.321 e. The van der Waals surface area contributed by atoms with E-state index >= 15 is 0 Å². The second-order valence-corrected chi connectivity index (χ2v) is 5.24. The molecule has 6 nitrogen and oxygen atoms in total. The van der Waals surface area contributed by atoms with Crippen LogP contribution in [-0.2, 0) is 0 Å². The van der Waals surface area contributed by atoms with Crippen molar-refractivity contribution in [1.29, 1.82) is 0 Å². The van der Waals surface area contributed by atoms with Crippen LogP contribution in [0.2, 0.25) is 5.02 Å². The number of aromatic nitrogens is 2. The third kappa shape index (κ3) is 2.01. The second-order valence-electron chi connectivity index (χ2n) is 4.80. The molecule has 3 aromatic rings. The second kappa shape index (κ2) is 4.85. The van der Waals surface area contributed by atoms with Crippen LogP contribution in [0, 0.1) is 0 Å². The van der Waals surface area contributed by atoms with Gasteiger partial charge in [0.2, 0.25) is 0 Å². The number of rotatable bonds is 2. The minimum absolute atomic E-state index is 0.305. The number of nitrogens with zero attached hydrogens (tertiary/aromatic N) is 3. The zero-order chi connectivity index (χ0) is 15.1. The molecule has 0 bridgehead atoms. The van der Waals surface area contributed by atoms with Crippen molar-refractivity contribution >= 4 is 46.0 Å². The summed E-state index contributed by atoms with van der Waals surface area (Å²) in [5.41, 5.74) is 7.27. The van der Waals surface area contributed by atoms with E-state index in [1.54, 1.807) is 30.5 Å². The summed E-state index contributed by atoms with van der Waals surface area (Å²) < 4.78 is 0. The highest BCUT2D eigenvalue weighted by Crippen LogP contribution is 2.28. The lowest BCUT2D eigenvalue weighted by Gasteiger charge is -2.04. The highest BCUT2D eigenvalue weighted by molar-refractivity contribution is 6.31. The lowest BCUT2D eigenvalue weighted by atomic mass is 10.1. The van der Waals surface area contributed by atoms with Crippen LogP contribution >= 0.6 is 11.6 Å². The van der Waals surface area contributed by atoms with Crippen molar-refractivity contribution in [3.8, 4) is 0 Å². The highest BCUT2D eigenvalue weighted by Gasteiger charge is 2.19. The fraction of sp³-hybridized carbons (Fsp3) is 0. The van der Waals surface area contributed by atoms with Gasteiger partial charge in [-0.2, -0.15) is 15.6 Å². The van der Waals surface area contributed by atoms with Gasteiger partial charge in [-0.25, -0.2) is 0 Å². The van der Waals surface area contributed by atoms with Crippen molar-refractivity contribution in [1.82, 2.24) is 15.6 Å². The molecule has 0 fully saturated rings. The number of amides is 1. The van der Waals surface area contributed by atoms with Crippen LogP contribution in [0.4, 0.5) is 11.4 Å². The average Bonchev–Trinajstić information content (AvgIpc) is 3.13. The first-order valence-corrected chi connectivity index (χ1v) is 6.92. The number of fused-ring (bicyclic) bond motifs is 3. The summed E-state index contributed by atoms with van der Waals surface area (Å²) in [5.74, 6) is -0.305. The number of H-pyrrole nitrogens is 1. The summed E-state index contributed by atoms with van der Waals surface area (Å²) in [6, 6.07) is 10.6. The van der Waals surface area contributed by atoms with Gasteiger partial charge in [-0.1, -0.05) is 17.7 Å². The molecule has 0 atom stereocenters. The van der Waals surface area contributed by atoms with Crippen LogP contribution in [0.25, 0.3) is 10.9 Å². The summed E-state index contributed by atoms with van der Waals surface area (Å²) in [5, 5.41) is 14.9. The summed E-state index contributed by atoms with van der Waals surface area (Å²) >= 11 is 5.91. The van der Waals surface area contributed by atoms with Crippen molar-refractivity contribution in [3.05, 3.63) is 52.7 Å². The smallest absolute Gasteiger partial charge is 0.276 e. The first-order valence-electron chi connectivity index (χ1n) is 6.54. The molecule has 0 unspecified atom stereocenters. The maximum Gasteiger partial charge on any atom is 0.276 e. The maximum atomic E-state index is 12.4. The molecule has 1 radical (unpaired) electrons. The Morgan fingerprint density at radius 2 is 2.14 bits per heavy atom. The van der Waals surface area contributed by atoms with Crippen molar-refractivity contribution in [3.63, 3.8) is 0 Å². The third-order valence-corrected chi connectivity index (χ3v) is 3.64. The zero-order valence-electron chi connectivity index (χ0n) is 11.2. The van der Waals surface area contributed by atoms with Crippen molar-refractivity contribution in [2.24, 2.45) is 5.10 Å². The number of aromatic amines is 1. The van der Waals surface area contributed by atoms with Crippen LogP contribution in [0.15, 0.2) is 41.5 Å². The van der Waals surface area contributed by atoms with E-state index in [9.17, 15) is 4.79 Å². The molecule has 22 heavy (non-hydrogen) atoms. The molecule has 0 spiro atoms. The van der Waals surface area contributed by atoms with E-state index in [0.29, 0.717) is 16.4 Å². The normalized spacial score (nSPS) is 12.2. The lowest BCUT2D eigenvalue weighted by Crippen LogP contribution is -2.12. The van der Waals surface area contributed by atoms with Crippen LogP contribution in [0.3, 0.4) is 0 Å². The molecular formula is C15H9ClN5O. The first kappa shape index (κ1) is 12.8. The van der Waals surface area contributed by atoms with E-state index in [-0.39, 0.29) is 5.91 Å². The monoisotopic (exact) mass is 310 g/mol. The average molecular weight is 311 g/mol. The van der Waals surface area contributed by atoms with E-state index in [2.05, 4.69) is 26.0 Å². The SMILES string of the molecule is O=C(Nc1cccc(Cl)c1)c1n[nH]c2c3c(ccc12)[N]N=C3. The molecule has 1 aliphatic heterocycles. The molecule has 4 rings (SSSR count). The predicted octanol–water partition coefficient (Wildman–Crippen LogP) is 3.05. The summed E-state index contributed by atoms with van der Waals surface area (Å²) in [6.07, 6.45) is 1.65. The quantitative estimate of drug-likeness (QED) is 0.762. The topological polar surface area (TPSA) is 84.2 Å². The molecule has 2 heterocycles. The Balaban J connectivity index is 1.72. The number of benzene rings is 2. The molecule has 1 aliphatic rings. The van der Waals surface area contributed by atoms with Gasteiger partial charge in [0.1, 0.15) is 0 Å². The summed E-state index contributed by atoms with van der Waals surface area (Å²) in [7, 11) is 0. The molecule has 0 aliphatic carbocycles. The van der Waals surface area contributed by atoms with E-state index in [1.807, 2.05) is 12.1 Å². The molecule has 2 aromatic carbocycles. The Kier molecular flexibility index (Phi) is 2.83. The van der Waals surface area contributed by atoms with Gasteiger partial charge in [0.05, 0.1) is 17.4 Å². The number of hydrogen-bond acceptors (Lipinski definition) is 3. The highest BCUT2D eigenvalue weighted by atomic mass is 35.5. The summed E-state index contributed by atoms with van der Waals surface area (Å²) in [6.45, 7) is 0. The molecule has 1 aromatic heterocycles. The Hall–Kier alpha value is -2.86. The molecule has 2 N–H and O–H groups in total. The van der Waals surface area contributed by atoms with Gasteiger partial charge < -0.3 is 5.32 Å². The summed E-state index contributed by atoms with van der Waals surface area (Å²) in [4.78, 5) is 12.4. The minimum atomic E-state index is -0.305. The Labute approximate surface area is 130 Å². The van der Waals surface area contributed by atoms with Crippen LogP contribution in [0.5, 0.6) is 0 Å². The number of halogens is 1. The van der Waals surface area contributed by atoms with Crippen molar-refractivity contribution < 1.29 is 4.79 Å². The van der Waals surface area contributed by atoms with E-state index in [0.717, 1.165) is 22.2 Å². The first-order chi connectivity index (χ1) is 10.7. The van der Waals surface area contributed by atoms with Crippen LogP contribution in [-0.4, -0.2) is 22.3 Å². The van der Waals surface area contributed by atoms with Gasteiger partial charge in [-0.15, -0.1) is 0 Å². The van der Waals surface area contributed by atoms with Gasteiger partial charge in [-0.3, -0.25) is 9.89 Å². The Morgan fingerprint density at radius 1 is 1.23 bits per heavy atom.